The average Bonchev–Trinajstić information content (AvgIpc) is 2.39. The fourth-order valence-electron chi connectivity index (χ4n) is 2.21. The number of benzene rings is 1. The Morgan fingerprint density at radius 1 is 1.16 bits per heavy atom. The number of ether oxygens (including phenoxy) is 1. The number of rotatable bonds is 2. The Labute approximate surface area is 115 Å². The van der Waals surface area contributed by atoms with Crippen LogP contribution in [-0.4, -0.2) is 45.2 Å². The first kappa shape index (κ1) is 13.9. The maximum atomic E-state index is 12.0. The standard InChI is InChI=1S/C15H23N2O2/c1-17(2,3)13-8-7-9-14(12-13)19-15(18)16-10-5-4-6-11-16/h7-9,12H,4-6,10-11H2,1-3H3/q+1. The zero-order chi connectivity index (χ0) is 13.9. The average molecular weight is 263 g/mol. The van der Waals surface area contributed by atoms with Crippen molar-refractivity contribution in [2.75, 3.05) is 34.2 Å². The van der Waals surface area contributed by atoms with Crippen LogP contribution < -0.4 is 9.22 Å². The van der Waals surface area contributed by atoms with Crippen molar-refractivity contribution < 1.29 is 9.53 Å². The molecule has 1 heterocycles. The molecule has 1 saturated heterocycles. The zero-order valence-electron chi connectivity index (χ0n) is 12.1. The number of hydrogen-bond donors (Lipinski definition) is 0. The van der Waals surface area contributed by atoms with Crippen molar-refractivity contribution in [1.29, 1.82) is 0 Å². The zero-order valence-corrected chi connectivity index (χ0v) is 12.1. The van der Waals surface area contributed by atoms with Gasteiger partial charge < -0.3 is 9.64 Å². The molecule has 0 aromatic heterocycles. The van der Waals surface area contributed by atoms with E-state index < -0.39 is 0 Å². The predicted molar refractivity (Wildman–Crippen MR) is 77.5 cm³/mol. The van der Waals surface area contributed by atoms with Gasteiger partial charge >= 0.3 is 6.09 Å². The van der Waals surface area contributed by atoms with Crippen LogP contribution in [0, 0.1) is 0 Å². The van der Waals surface area contributed by atoms with E-state index in [4.69, 9.17) is 4.74 Å². The monoisotopic (exact) mass is 263 g/mol. The molecular weight excluding hydrogens is 240 g/mol. The summed E-state index contributed by atoms with van der Waals surface area (Å²) in [4.78, 5) is 13.8. The molecule has 4 nitrogen and oxygen atoms in total. The molecule has 1 aliphatic rings. The maximum Gasteiger partial charge on any atom is 0.415 e. The van der Waals surface area contributed by atoms with E-state index in [1.807, 2.05) is 24.3 Å². The van der Waals surface area contributed by atoms with E-state index in [1.54, 1.807) is 4.90 Å². The van der Waals surface area contributed by atoms with Crippen molar-refractivity contribution in [2.24, 2.45) is 0 Å². The number of nitrogens with zero attached hydrogens (tertiary/aromatic N) is 2. The lowest BCUT2D eigenvalue weighted by Crippen LogP contribution is -2.37. The topological polar surface area (TPSA) is 29.5 Å². The number of likely N-dealkylation sites (tertiary alicyclic amines) is 1. The number of piperidine rings is 1. The molecule has 0 spiro atoms. The summed E-state index contributed by atoms with van der Waals surface area (Å²) in [6.07, 6.45) is 3.14. The lowest BCUT2D eigenvalue weighted by atomic mass is 10.1. The molecule has 1 amide bonds. The molecule has 0 aliphatic carbocycles. The quantitative estimate of drug-likeness (QED) is 0.768. The summed E-state index contributed by atoms with van der Waals surface area (Å²) in [5, 5.41) is 0. The van der Waals surface area contributed by atoms with Crippen LogP contribution in [0.15, 0.2) is 24.3 Å². The second-order valence-corrected chi connectivity index (χ2v) is 5.93. The van der Waals surface area contributed by atoms with Gasteiger partial charge in [0, 0.05) is 19.2 Å². The highest BCUT2D eigenvalue weighted by Gasteiger charge is 2.19. The minimum absolute atomic E-state index is 0.224. The lowest BCUT2D eigenvalue weighted by Gasteiger charge is -2.26. The minimum atomic E-state index is -0.224. The molecule has 4 heteroatoms. The van der Waals surface area contributed by atoms with Crippen LogP contribution in [0.4, 0.5) is 10.5 Å². The fourth-order valence-corrected chi connectivity index (χ4v) is 2.21. The molecule has 0 bridgehead atoms. The summed E-state index contributed by atoms with van der Waals surface area (Å²) in [6, 6.07) is 7.73. The Morgan fingerprint density at radius 2 is 1.84 bits per heavy atom. The third-order valence-electron chi connectivity index (χ3n) is 3.41. The van der Waals surface area contributed by atoms with Crippen LogP contribution in [0.25, 0.3) is 0 Å². The summed E-state index contributed by atoms with van der Waals surface area (Å²) in [7, 11) is 6.27. The highest BCUT2D eigenvalue weighted by atomic mass is 16.6. The van der Waals surface area contributed by atoms with Crippen molar-refractivity contribution in [1.82, 2.24) is 9.38 Å². The van der Waals surface area contributed by atoms with E-state index in [0.717, 1.165) is 31.6 Å². The Kier molecular flexibility index (Phi) is 4.10. The Balaban J connectivity index is 2.04. The summed E-state index contributed by atoms with van der Waals surface area (Å²) in [5.74, 6) is 0.626. The van der Waals surface area contributed by atoms with Crippen molar-refractivity contribution in [2.45, 2.75) is 19.3 Å². The van der Waals surface area contributed by atoms with Crippen molar-refractivity contribution in [3.63, 3.8) is 0 Å². The highest BCUT2D eigenvalue weighted by molar-refractivity contribution is 5.71. The number of quaternary nitrogens is 1. The van der Waals surface area contributed by atoms with Gasteiger partial charge in [-0.05, 0) is 31.4 Å². The second kappa shape index (κ2) is 5.61. The van der Waals surface area contributed by atoms with E-state index in [2.05, 4.69) is 21.1 Å². The van der Waals surface area contributed by atoms with Gasteiger partial charge in [-0.25, -0.2) is 4.79 Å². The molecule has 0 radical (unpaired) electrons. The van der Waals surface area contributed by atoms with Crippen LogP contribution in [0.5, 0.6) is 5.75 Å². The molecule has 0 saturated carbocycles. The van der Waals surface area contributed by atoms with Gasteiger partial charge in [0.2, 0.25) is 0 Å². The fraction of sp³-hybridized carbons (Fsp3) is 0.533. The molecule has 19 heavy (non-hydrogen) atoms. The Hall–Kier alpha value is -1.55. The number of carbonyl (C=O) groups is 1. The Morgan fingerprint density at radius 3 is 2.47 bits per heavy atom. The number of hydrogen-bond acceptors (Lipinski definition) is 2. The molecular formula is C15H23N2O2+. The summed E-state index contributed by atoms with van der Waals surface area (Å²) >= 11 is 0. The first-order valence-electron chi connectivity index (χ1n) is 6.86. The van der Waals surface area contributed by atoms with E-state index >= 15 is 0 Å². The van der Waals surface area contributed by atoms with E-state index in [9.17, 15) is 4.79 Å². The molecule has 0 unspecified atom stereocenters. The van der Waals surface area contributed by atoms with Gasteiger partial charge in [0.1, 0.15) is 11.4 Å². The second-order valence-electron chi connectivity index (χ2n) is 5.93. The van der Waals surface area contributed by atoms with E-state index in [1.165, 1.54) is 6.42 Å². The van der Waals surface area contributed by atoms with Crippen LogP contribution in [-0.2, 0) is 0 Å². The largest absolute Gasteiger partial charge is 0.415 e. The molecule has 1 aliphatic heterocycles. The highest BCUT2D eigenvalue weighted by Crippen LogP contribution is 2.23. The van der Waals surface area contributed by atoms with Crippen LogP contribution in [0.1, 0.15) is 19.3 Å². The normalized spacial score (nSPS) is 16.3. The third kappa shape index (κ3) is 3.70. The van der Waals surface area contributed by atoms with Gasteiger partial charge in [0.05, 0.1) is 21.1 Å². The third-order valence-corrected chi connectivity index (χ3v) is 3.41. The molecule has 1 aromatic rings. The van der Waals surface area contributed by atoms with Gasteiger partial charge in [-0.15, -0.1) is 0 Å². The molecule has 0 atom stereocenters. The van der Waals surface area contributed by atoms with E-state index in [-0.39, 0.29) is 6.09 Å². The van der Waals surface area contributed by atoms with Crippen molar-refractivity contribution >= 4 is 11.8 Å². The number of amides is 1. The van der Waals surface area contributed by atoms with Crippen LogP contribution in [0.3, 0.4) is 0 Å². The van der Waals surface area contributed by atoms with Crippen molar-refractivity contribution in [3.05, 3.63) is 24.3 Å². The molecule has 1 fully saturated rings. The smallest absolute Gasteiger partial charge is 0.410 e. The molecule has 2 rings (SSSR count). The van der Waals surface area contributed by atoms with Gasteiger partial charge in [0.15, 0.2) is 0 Å². The summed E-state index contributed by atoms with van der Waals surface area (Å²) < 4.78 is 6.17. The van der Waals surface area contributed by atoms with Crippen LogP contribution >= 0.6 is 0 Å². The summed E-state index contributed by atoms with van der Waals surface area (Å²) in [5.41, 5.74) is 1.11. The van der Waals surface area contributed by atoms with Gasteiger partial charge in [-0.1, -0.05) is 6.07 Å². The predicted octanol–water partition coefficient (Wildman–Crippen LogP) is 2.87. The summed E-state index contributed by atoms with van der Waals surface area (Å²) in [6.45, 7) is 1.63. The molecule has 1 aromatic carbocycles. The first-order chi connectivity index (χ1) is 8.97. The van der Waals surface area contributed by atoms with Gasteiger partial charge in [-0.3, -0.25) is 4.48 Å². The van der Waals surface area contributed by atoms with Crippen LogP contribution in [0.2, 0.25) is 0 Å². The number of carbonyl (C=O) groups excluding carboxylic acids is 1. The first-order valence-corrected chi connectivity index (χ1v) is 6.86. The molecule has 104 valence electrons. The maximum absolute atomic E-state index is 12.0. The Bertz CT molecular complexity index is 446. The molecule has 0 N–H and O–H groups in total. The van der Waals surface area contributed by atoms with E-state index in [0.29, 0.717) is 10.2 Å². The van der Waals surface area contributed by atoms with Gasteiger partial charge in [-0.2, -0.15) is 0 Å². The lowest BCUT2D eigenvalue weighted by molar-refractivity contribution is 0.142. The van der Waals surface area contributed by atoms with Gasteiger partial charge in [0.25, 0.3) is 0 Å². The minimum Gasteiger partial charge on any atom is -0.410 e. The van der Waals surface area contributed by atoms with Crippen molar-refractivity contribution in [3.8, 4) is 5.75 Å². The SMILES string of the molecule is C[N+](C)(C)c1cccc(OC(=O)N2CCCCC2)c1.